The Morgan fingerprint density at radius 1 is 0.871 bits per heavy atom. The van der Waals surface area contributed by atoms with E-state index >= 15 is 0 Å². The summed E-state index contributed by atoms with van der Waals surface area (Å²) in [5.41, 5.74) is 0. The van der Waals surface area contributed by atoms with Crippen molar-refractivity contribution in [2.75, 3.05) is 13.1 Å². The third-order valence-electron chi connectivity index (χ3n) is 6.24. The Kier molecular flexibility index (Phi) is 17.6. The molecule has 0 bridgehead atoms. The molecular weight excluding hydrogens is 384 g/mol. The lowest BCUT2D eigenvalue weighted by Gasteiger charge is -2.22. The van der Waals surface area contributed by atoms with E-state index < -0.39 is 6.23 Å². The standard InChI is InChI=1S/C27H50N2O2/c1-3-4-5-6-7-8-9-10-11-12-13-14-15-16-17-18-19-20-21-22-26(31)27-28-23-24-29(27)25(2)30/h10-11,25,30H,3-9,12-24H2,1-2H3. The largest absolute Gasteiger partial charge is 0.374 e. The quantitative estimate of drug-likeness (QED) is 0.153. The van der Waals surface area contributed by atoms with Crippen LogP contribution < -0.4 is 0 Å². The fraction of sp³-hybridized carbons (Fsp3) is 0.852. The van der Waals surface area contributed by atoms with Crippen molar-refractivity contribution in [2.24, 2.45) is 4.99 Å². The second kappa shape index (κ2) is 19.5. The summed E-state index contributed by atoms with van der Waals surface area (Å²) in [6, 6.07) is 0. The smallest absolute Gasteiger partial charge is 0.197 e. The summed E-state index contributed by atoms with van der Waals surface area (Å²) in [4.78, 5) is 18.2. The molecule has 0 saturated heterocycles. The Bertz CT molecular complexity index is 499. The fourth-order valence-corrected chi connectivity index (χ4v) is 4.25. The highest BCUT2D eigenvalue weighted by Gasteiger charge is 2.25. The number of hydrogen-bond acceptors (Lipinski definition) is 4. The molecule has 1 unspecified atom stereocenters. The summed E-state index contributed by atoms with van der Waals surface area (Å²) >= 11 is 0. The maximum absolute atomic E-state index is 12.3. The summed E-state index contributed by atoms with van der Waals surface area (Å²) in [6.45, 7) is 5.26. The van der Waals surface area contributed by atoms with E-state index in [0.29, 0.717) is 25.3 Å². The Morgan fingerprint density at radius 3 is 1.87 bits per heavy atom. The number of unbranched alkanes of at least 4 members (excludes halogenated alkanes) is 15. The predicted molar refractivity (Wildman–Crippen MR) is 134 cm³/mol. The minimum Gasteiger partial charge on any atom is -0.374 e. The highest BCUT2D eigenvalue weighted by molar-refractivity contribution is 6.39. The lowest BCUT2D eigenvalue weighted by Crippen LogP contribution is -2.39. The summed E-state index contributed by atoms with van der Waals surface area (Å²) in [5, 5.41) is 9.70. The van der Waals surface area contributed by atoms with Crippen LogP contribution in [0.3, 0.4) is 0 Å². The maximum atomic E-state index is 12.3. The van der Waals surface area contributed by atoms with Crippen LogP contribution in [0.1, 0.15) is 129 Å². The number of aliphatic hydroxyl groups is 1. The van der Waals surface area contributed by atoms with Gasteiger partial charge >= 0.3 is 0 Å². The zero-order valence-corrected chi connectivity index (χ0v) is 20.6. The van der Waals surface area contributed by atoms with E-state index in [1.807, 2.05) is 0 Å². The number of carbonyl (C=O) groups is 1. The van der Waals surface area contributed by atoms with Crippen molar-refractivity contribution in [2.45, 2.75) is 136 Å². The first-order chi connectivity index (χ1) is 15.2. The van der Waals surface area contributed by atoms with Gasteiger partial charge in [0.1, 0.15) is 6.23 Å². The van der Waals surface area contributed by atoms with Gasteiger partial charge < -0.3 is 10.0 Å². The minimum atomic E-state index is -0.619. The summed E-state index contributed by atoms with van der Waals surface area (Å²) in [7, 11) is 0. The molecule has 0 spiro atoms. The number of nitrogens with zero attached hydrogens (tertiary/aromatic N) is 2. The summed E-state index contributed by atoms with van der Waals surface area (Å²) in [5.74, 6) is 0.590. The number of aliphatic hydroxyl groups excluding tert-OH is 1. The first kappa shape index (κ1) is 27.9. The van der Waals surface area contributed by atoms with Crippen LogP contribution in [0, 0.1) is 0 Å². The zero-order valence-electron chi connectivity index (χ0n) is 20.6. The Labute approximate surface area is 192 Å². The molecule has 1 N–H and O–H groups in total. The van der Waals surface area contributed by atoms with Gasteiger partial charge in [0.25, 0.3) is 0 Å². The van der Waals surface area contributed by atoms with E-state index in [1.165, 1.54) is 96.3 Å². The molecule has 1 aliphatic rings. The van der Waals surface area contributed by atoms with Crippen molar-refractivity contribution < 1.29 is 9.90 Å². The van der Waals surface area contributed by atoms with Gasteiger partial charge in [-0.2, -0.15) is 0 Å². The minimum absolute atomic E-state index is 0.0967. The zero-order chi connectivity index (χ0) is 22.6. The van der Waals surface area contributed by atoms with Gasteiger partial charge in [-0.25, -0.2) is 0 Å². The first-order valence-electron chi connectivity index (χ1n) is 13.3. The molecule has 0 aromatic carbocycles. The van der Waals surface area contributed by atoms with Gasteiger partial charge in [0, 0.05) is 13.0 Å². The first-order valence-corrected chi connectivity index (χ1v) is 13.3. The van der Waals surface area contributed by atoms with Crippen molar-refractivity contribution in [1.29, 1.82) is 0 Å². The maximum Gasteiger partial charge on any atom is 0.197 e. The third kappa shape index (κ3) is 14.5. The number of rotatable bonds is 21. The van der Waals surface area contributed by atoms with E-state index in [-0.39, 0.29) is 5.78 Å². The molecule has 31 heavy (non-hydrogen) atoms. The van der Waals surface area contributed by atoms with Crippen molar-refractivity contribution >= 4 is 11.6 Å². The molecule has 0 amide bonds. The SMILES string of the molecule is CCCCCCCCC=CCCCCCCCCCCCC(=O)C1=NCCN1C(C)O. The molecule has 0 aromatic rings. The van der Waals surface area contributed by atoms with Crippen LogP contribution in [0.5, 0.6) is 0 Å². The van der Waals surface area contributed by atoms with Gasteiger partial charge in [0.2, 0.25) is 0 Å². The van der Waals surface area contributed by atoms with Crippen LogP contribution in [0.2, 0.25) is 0 Å². The van der Waals surface area contributed by atoms with Gasteiger partial charge in [0.15, 0.2) is 11.6 Å². The highest BCUT2D eigenvalue weighted by atomic mass is 16.3. The summed E-state index contributed by atoms with van der Waals surface area (Å²) < 4.78 is 0. The van der Waals surface area contributed by atoms with Crippen LogP contribution in [-0.4, -0.2) is 40.9 Å². The van der Waals surface area contributed by atoms with Gasteiger partial charge in [-0.05, 0) is 39.0 Å². The number of Topliss-reactive ketones (excluding diaryl/α,β-unsaturated/α-hetero) is 1. The molecule has 1 heterocycles. The van der Waals surface area contributed by atoms with E-state index in [4.69, 9.17) is 0 Å². The molecule has 0 aliphatic carbocycles. The average molecular weight is 435 g/mol. The van der Waals surface area contributed by atoms with E-state index in [1.54, 1.807) is 11.8 Å². The van der Waals surface area contributed by atoms with Gasteiger partial charge in [0.05, 0.1) is 6.54 Å². The van der Waals surface area contributed by atoms with Gasteiger partial charge in [-0.3, -0.25) is 9.79 Å². The number of ketones is 1. The third-order valence-corrected chi connectivity index (χ3v) is 6.24. The molecule has 4 nitrogen and oxygen atoms in total. The Balaban J connectivity index is 1.82. The van der Waals surface area contributed by atoms with Crippen LogP contribution in [0.25, 0.3) is 0 Å². The summed E-state index contributed by atoms with van der Waals surface area (Å²) in [6.07, 6.45) is 26.9. The lowest BCUT2D eigenvalue weighted by molar-refractivity contribution is -0.114. The van der Waals surface area contributed by atoms with Crippen LogP contribution in [0.4, 0.5) is 0 Å². The lowest BCUT2D eigenvalue weighted by atomic mass is 10.0. The molecule has 0 radical (unpaired) electrons. The predicted octanol–water partition coefficient (Wildman–Crippen LogP) is 7.21. The van der Waals surface area contributed by atoms with Gasteiger partial charge in [-0.1, -0.05) is 96.1 Å². The van der Waals surface area contributed by atoms with Crippen LogP contribution in [0.15, 0.2) is 17.1 Å². The van der Waals surface area contributed by atoms with Gasteiger partial charge in [-0.15, -0.1) is 0 Å². The van der Waals surface area contributed by atoms with Crippen molar-refractivity contribution in [3.05, 3.63) is 12.2 Å². The van der Waals surface area contributed by atoms with Crippen molar-refractivity contribution in [3.8, 4) is 0 Å². The second-order valence-corrected chi connectivity index (χ2v) is 9.20. The molecule has 0 aromatic heterocycles. The molecule has 4 heteroatoms. The van der Waals surface area contributed by atoms with Crippen LogP contribution in [-0.2, 0) is 4.79 Å². The number of amidine groups is 1. The monoisotopic (exact) mass is 434 g/mol. The molecule has 1 aliphatic heterocycles. The Morgan fingerprint density at radius 2 is 1.35 bits per heavy atom. The fourth-order valence-electron chi connectivity index (χ4n) is 4.25. The molecule has 1 atom stereocenters. The number of carbonyl (C=O) groups excluding carboxylic acids is 1. The van der Waals surface area contributed by atoms with Crippen molar-refractivity contribution in [1.82, 2.24) is 4.90 Å². The second-order valence-electron chi connectivity index (χ2n) is 9.20. The Hall–Kier alpha value is -1.16. The molecule has 0 saturated carbocycles. The normalized spacial score (nSPS) is 15.1. The average Bonchev–Trinajstić information content (AvgIpc) is 3.26. The topological polar surface area (TPSA) is 52.9 Å². The van der Waals surface area contributed by atoms with E-state index in [9.17, 15) is 9.90 Å². The molecular formula is C27H50N2O2. The molecule has 180 valence electrons. The van der Waals surface area contributed by atoms with E-state index in [0.717, 1.165) is 12.8 Å². The number of allylic oxidation sites excluding steroid dienone is 2. The highest BCUT2D eigenvalue weighted by Crippen LogP contribution is 2.14. The van der Waals surface area contributed by atoms with Crippen molar-refractivity contribution in [3.63, 3.8) is 0 Å². The molecule has 0 fully saturated rings. The number of hydrogen-bond donors (Lipinski definition) is 1. The van der Waals surface area contributed by atoms with E-state index in [2.05, 4.69) is 24.1 Å². The number of aliphatic imine (C=N–C) groups is 1. The van der Waals surface area contributed by atoms with Crippen LogP contribution >= 0.6 is 0 Å². The molecule has 1 rings (SSSR count).